The highest BCUT2D eigenvalue weighted by molar-refractivity contribution is 5.70. The highest BCUT2D eigenvalue weighted by Crippen LogP contribution is 2.12. The van der Waals surface area contributed by atoms with Gasteiger partial charge in [-0.2, -0.15) is 0 Å². The van der Waals surface area contributed by atoms with E-state index in [1.165, 1.54) is 0 Å². The molecular formula is C62H97NO8. The van der Waals surface area contributed by atoms with Gasteiger partial charge in [0.15, 0.2) is 12.4 Å². The molecule has 0 saturated carbocycles. The molecule has 0 aromatic carbocycles. The predicted octanol–water partition coefficient (Wildman–Crippen LogP) is 14.3. The van der Waals surface area contributed by atoms with E-state index in [0.717, 1.165) is 128 Å². The number of hydrogen-bond donors (Lipinski definition) is 0. The van der Waals surface area contributed by atoms with Gasteiger partial charge in [-0.15, -0.1) is 0 Å². The van der Waals surface area contributed by atoms with Gasteiger partial charge in [0.2, 0.25) is 0 Å². The zero-order chi connectivity index (χ0) is 52.0. The number of carbonyl (C=O) groups is 3. The van der Waals surface area contributed by atoms with Crippen molar-refractivity contribution >= 4 is 17.9 Å². The van der Waals surface area contributed by atoms with Crippen molar-refractivity contribution < 1.29 is 42.9 Å². The number of aliphatic carboxylic acids is 1. The largest absolute Gasteiger partial charge is 0.545 e. The number of esters is 2. The van der Waals surface area contributed by atoms with E-state index in [-0.39, 0.29) is 32.7 Å². The molecule has 71 heavy (non-hydrogen) atoms. The van der Waals surface area contributed by atoms with Crippen molar-refractivity contribution in [3.05, 3.63) is 146 Å². The molecule has 0 rings (SSSR count). The Morgan fingerprint density at radius 2 is 0.761 bits per heavy atom. The molecule has 0 radical (unpaired) electrons. The topological polar surface area (TPSA) is 111 Å². The minimum Gasteiger partial charge on any atom is -0.545 e. The van der Waals surface area contributed by atoms with Crippen LogP contribution in [0.4, 0.5) is 0 Å². The monoisotopic (exact) mass is 984 g/mol. The number of unbranched alkanes of at least 4 members (excludes halogenated alkanes) is 8. The molecule has 0 bridgehead atoms. The lowest BCUT2D eigenvalue weighted by Gasteiger charge is -2.26. The lowest BCUT2D eigenvalue weighted by atomic mass is 10.1. The summed E-state index contributed by atoms with van der Waals surface area (Å²) in [6, 6.07) is 0. The van der Waals surface area contributed by atoms with Gasteiger partial charge in [0.05, 0.1) is 40.3 Å². The number of carboxylic acid groups (broad SMARTS) is 1. The maximum Gasteiger partial charge on any atom is 0.306 e. The van der Waals surface area contributed by atoms with Gasteiger partial charge in [-0.1, -0.05) is 185 Å². The van der Waals surface area contributed by atoms with Crippen LogP contribution in [-0.2, 0) is 33.3 Å². The molecule has 2 atom stereocenters. The molecule has 0 aromatic heterocycles. The first kappa shape index (κ1) is 66.2. The van der Waals surface area contributed by atoms with E-state index < -0.39 is 30.3 Å². The average molecular weight is 984 g/mol. The maximum atomic E-state index is 12.8. The fourth-order valence-electron chi connectivity index (χ4n) is 6.48. The summed E-state index contributed by atoms with van der Waals surface area (Å²) in [7, 11) is 5.88. The van der Waals surface area contributed by atoms with Crippen LogP contribution in [0.15, 0.2) is 146 Å². The van der Waals surface area contributed by atoms with Crippen LogP contribution >= 0.6 is 0 Å². The molecule has 0 spiro atoms. The highest BCUT2D eigenvalue weighted by atomic mass is 16.7. The Balaban J connectivity index is 4.47. The van der Waals surface area contributed by atoms with Crippen LogP contribution in [0, 0.1) is 0 Å². The van der Waals surface area contributed by atoms with Gasteiger partial charge in [-0.05, 0) is 116 Å². The third kappa shape index (κ3) is 52.8. The van der Waals surface area contributed by atoms with Crippen LogP contribution in [0.1, 0.15) is 168 Å². The molecule has 0 saturated heterocycles. The lowest BCUT2D eigenvalue weighted by Crippen LogP contribution is -2.44. The molecule has 0 aliphatic rings. The van der Waals surface area contributed by atoms with Gasteiger partial charge in [0.1, 0.15) is 13.2 Å². The Morgan fingerprint density at radius 3 is 1.11 bits per heavy atom. The van der Waals surface area contributed by atoms with Crippen molar-refractivity contribution in [3.8, 4) is 0 Å². The number of carboxylic acids is 1. The Labute approximate surface area is 432 Å². The molecule has 0 amide bonds. The standard InChI is InChI=1S/C62H97NO8/c1-6-8-10-12-14-16-18-20-22-24-26-28-30-32-34-36-38-40-42-44-46-48-50-52-59(64)69-56-58(57-70-62(61(66)67)68-55-54-63(3,4)5)71-60(65)53-51-49-47-45-43-41-39-37-35-33-31-29-27-25-23-21-19-17-15-13-11-9-7-2/h8-11,14-17,20-23,26-29,32-35,38-41,58,62H,6-7,12-13,18-19,24-25,30-31,36-37,42-57H2,1-5H3/b10-8-,11-9-,16-14-,17-15-,22-20-,23-21-,28-26-,29-27-,34-32-,35-33-,40-38-,41-39-. The number of nitrogens with zero attached hydrogens (tertiary/aromatic N) is 1. The van der Waals surface area contributed by atoms with Crippen molar-refractivity contribution in [3.63, 3.8) is 0 Å². The van der Waals surface area contributed by atoms with Gasteiger partial charge in [0, 0.05) is 12.8 Å². The van der Waals surface area contributed by atoms with Crippen molar-refractivity contribution in [2.45, 2.75) is 180 Å². The minimum atomic E-state index is -1.65. The van der Waals surface area contributed by atoms with E-state index in [0.29, 0.717) is 23.9 Å². The molecule has 0 heterocycles. The molecule has 9 heteroatoms. The number of carbonyl (C=O) groups excluding carboxylic acids is 3. The van der Waals surface area contributed by atoms with Crippen LogP contribution in [0.2, 0.25) is 0 Å². The molecule has 0 fully saturated rings. The van der Waals surface area contributed by atoms with Gasteiger partial charge in [-0.25, -0.2) is 0 Å². The van der Waals surface area contributed by atoms with Crippen LogP contribution in [0.25, 0.3) is 0 Å². The second-order valence-electron chi connectivity index (χ2n) is 18.4. The minimum absolute atomic E-state index is 0.128. The van der Waals surface area contributed by atoms with Crippen LogP contribution in [0.3, 0.4) is 0 Å². The zero-order valence-electron chi connectivity index (χ0n) is 45.0. The summed E-state index contributed by atoms with van der Waals surface area (Å²) in [6.07, 6.45) is 71.7. The second-order valence-corrected chi connectivity index (χ2v) is 18.4. The number of allylic oxidation sites excluding steroid dienone is 24. The first-order valence-electron chi connectivity index (χ1n) is 27.0. The summed E-state index contributed by atoms with van der Waals surface area (Å²) < 4.78 is 22.6. The third-order valence-electron chi connectivity index (χ3n) is 10.6. The average Bonchev–Trinajstić information content (AvgIpc) is 3.34. The van der Waals surface area contributed by atoms with Crippen LogP contribution in [0.5, 0.6) is 0 Å². The molecule has 9 nitrogen and oxygen atoms in total. The van der Waals surface area contributed by atoms with Gasteiger partial charge in [0.25, 0.3) is 0 Å². The molecule has 0 aliphatic carbocycles. The molecule has 2 unspecified atom stereocenters. The third-order valence-corrected chi connectivity index (χ3v) is 10.6. The molecule has 0 aromatic rings. The smallest absolute Gasteiger partial charge is 0.306 e. The van der Waals surface area contributed by atoms with E-state index in [4.69, 9.17) is 18.9 Å². The van der Waals surface area contributed by atoms with Crippen molar-refractivity contribution in [1.82, 2.24) is 0 Å². The van der Waals surface area contributed by atoms with Gasteiger partial charge < -0.3 is 33.3 Å². The molecular weight excluding hydrogens is 887 g/mol. The number of rotatable bonds is 47. The van der Waals surface area contributed by atoms with Crippen LogP contribution in [-0.4, -0.2) is 82.3 Å². The fourth-order valence-corrected chi connectivity index (χ4v) is 6.48. The number of hydrogen-bond acceptors (Lipinski definition) is 8. The highest BCUT2D eigenvalue weighted by Gasteiger charge is 2.21. The van der Waals surface area contributed by atoms with Gasteiger partial charge in [-0.3, -0.25) is 9.59 Å². The lowest BCUT2D eigenvalue weighted by molar-refractivity contribution is -0.870. The Morgan fingerprint density at radius 1 is 0.423 bits per heavy atom. The predicted molar refractivity (Wildman–Crippen MR) is 296 cm³/mol. The summed E-state index contributed by atoms with van der Waals surface area (Å²) >= 11 is 0. The number of likely N-dealkylation sites (N-methyl/N-ethyl adjacent to an activating group) is 1. The normalized spacial score (nSPS) is 14.0. The summed E-state index contributed by atoms with van der Waals surface area (Å²) in [4.78, 5) is 37.2. The SMILES string of the molecule is CC/C=C\C/C=C\C/C=C\C/C=C\C/C=C\C/C=C\CCCCCCC(=O)OCC(COC(OCC[N+](C)(C)C)C(=O)[O-])OC(=O)CCCCCC/C=C\C/C=C\C/C=C\C/C=C\C/C=C\C/C=C\CC. The van der Waals surface area contributed by atoms with E-state index >= 15 is 0 Å². The van der Waals surface area contributed by atoms with E-state index in [1.807, 2.05) is 21.1 Å². The first-order chi connectivity index (χ1) is 34.6. The van der Waals surface area contributed by atoms with E-state index in [2.05, 4.69) is 160 Å². The van der Waals surface area contributed by atoms with Crippen molar-refractivity contribution in [1.29, 1.82) is 0 Å². The Kier molecular flexibility index (Phi) is 48.0. The zero-order valence-corrected chi connectivity index (χ0v) is 45.0. The van der Waals surface area contributed by atoms with E-state index in [1.54, 1.807) is 0 Å². The molecule has 0 N–H and O–H groups in total. The Bertz CT molecular complexity index is 1670. The van der Waals surface area contributed by atoms with Crippen molar-refractivity contribution in [2.75, 3.05) is 47.5 Å². The number of ether oxygens (including phenoxy) is 4. The van der Waals surface area contributed by atoms with Gasteiger partial charge >= 0.3 is 11.9 Å². The summed E-state index contributed by atoms with van der Waals surface area (Å²) in [5.41, 5.74) is 0. The fraction of sp³-hybridized carbons (Fsp3) is 0.565. The quantitative estimate of drug-likeness (QED) is 0.0195. The Hall–Kier alpha value is -4.83. The number of quaternary nitrogens is 1. The first-order valence-corrected chi connectivity index (χ1v) is 27.0. The molecule has 0 aliphatic heterocycles. The summed E-state index contributed by atoms with van der Waals surface area (Å²) in [6.45, 7) is 4.42. The van der Waals surface area contributed by atoms with Crippen molar-refractivity contribution in [2.24, 2.45) is 0 Å². The summed E-state index contributed by atoms with van der Waals surface area (Å²) in [5.74, 6) is -2.38. The second kappa shape index (κ2) is 51.5. The van der Waals surface area contributed by atoms with E-state index in [9.17, 15) is 19.5 Å². The summed E-state index contributed by atoms with van der Waals surface area (Å²) in [5, 5.41) is 11.8. The maximum absolute atomic E-state index is 12.8. The molecule has 398 valence electrons. The van der Waals surface area contributed by atoms with Crippen LogP contribution < -0.4 is 5.11 Å².